The minimum Gasteiger partial charge on any atom is -0.455 e. The van der Waals surface area contributed by atoms with E-state index in [1.807, 2.05) is 18.2 Å². The predicted molar refractivity (Wildman–Crippen MR) is 208 cm³/mol. The summed E-state index contributed by atoms with van der Waals surface area (Å²) >= 11 is 0. The normalized spacial score (nSPS) is 14.7. The number of aromatic nitrogens is 1. The zero-order valence-corrected chi connectivity index (χ0v) is 29.7. The second-order valence-electron chi connectivity index (χ2n) is 15.4. The van der Waals surface area contributed by atoms with Gasteiger partial charge in [0.2, 0.25) is 0 Å². The third-order valence-electron chi connectivity index (χ3n) is 9.57. The molecule has 5 aromatic carbocycles. The molecule has 0 unspecified atom stereocenters. The van der Waals surface area contributed by atoms with Gasteiger partial charge < -0.3 is 4.42 Å². The van der Waals surface area contributed by atoms with Gasteiger partial charge in [0.1, 0.15) is 11.2 Å². The van der Waals surface area contributed by atoms with Crippen LogP contribution in [-0.2, 0) is 6.37 Å². The van der Waals surface area contributed by atoms with Gasteiger partial charge in [0.15, 0.2) is 0 Å². The summed E-state index contributed by atoms with van der Waals surface area (Å²) in [6.07, 6.45) is -0.622. The minimum absolute atomic E-state index is 0.0765. The van der Waals surface area contributed by atoms with Gasteiger partial charge in [-0.2, -0.15) is 0 Å². The fourth-order valence-corrected chi connectivity index (χ4v) is 7.10. The Morgan fingerprint density at radius 2 is 1.42 bits per heavy atom. The van der Waals surface area contributed by atoms with E-state index in [0.29, 0.717) is 34.6 Å². The average molecular weight is 637 g/mol. The SMILES string of the molecule is [2H]C([2H])([2H])c1cnc(-c2cccc3c2oc2cc4c(ccc5ccc(-c6c(C(C)C)cc(C(C)C)cc6C(C)C)cc54)cc23)cc1C([2H])([2H])C(C)(C)C. The quantitative estimate of drug-likeness (QED) is 0.170. The molecule has 0 fully saturated rings. The lowest BCUT2D eigenvalue weighted by atomic mass is 9.81. The van der Waals surface area contributed by atoms with Crippen LogP contribution in [0.2, 0.25) is 0 Å². The Bertz CT molecular complexity index is 2520. The van der Waals surface area contributed by atoms with Crippen LogP contribution in [0.5, 0.6) is 0 Å². The molecule has 0 radical (unpaired) electrons. The highest BCUT2D eigenvalue weighted by molar-refractivity contribution is 6.18. The molecule has 0 atom stereocenters. The second-order valence-corrected chi connectivity index (χ2v) is 15.4. The van der Waals surface area contributed by atoms with Crippen molar-refractivity contribution in [1.29, 1.82) is 0 Å². The maximum absolute atomic E-state index is 9.02. The van der Waals surface area contributed by atoms with E-state index in [9.17, 15) is 0 Å². The number of rotatable bonds is 6. The monoisotopic (exact) mass is 636 g/mol. The van der Waals surface area contributed by atoms with E-state index in [1.165, 1.54) is 34.0 Å². The average Bonchev–Trinajstić information content (AvgIpc) is 3.46. The number of fused-ring (bicyclic) bond motifs is 6. The molecular formula is C46H49NO. The fraction of sp³-hybridized carbons (Fsp3) is 0.326. The highest BCUT2D eigenvalue weighted by Crippen LogP contribution is 2.42. The summed E-state index contributed by atoms with van der Waals surface area (Å²) in [5, 5.41) is 6.43. The number of furan rings is 1. The molecule has 7 rings (SSSR count). The molecule has 0 amide bonds. The van der Waals surface area contributed by atoms with E-state index in [-0.39, 0.29) is 11.1 Å². The van der Waals surface area contributed by atoms with E-state index in [0.717, 1.165) is 37.9 Å². The zero-order chi connectivity index (χ0) is 38.4. The molecular weight excluding hydrogens is 583 g/mol. The summed E-state index contributed by atoms with van der Waals surface area (Å²) in [5.74, 6) is 1.19. The van der Waals surface area contributed by atoms with Crippen LogP contribution in [-0.4, -0.2) is 4.98 Å². The summed E-state index contributed by atoms with van der Waals surface area (Å²) in [5.41, 5.74) is 8.41. The van der Waals surface area contributed by atoms with Crippen molar-refractivity contribution in [2.24, 2.45) is 5.41 Å². The van der Waals surface area contributed by atoms with Crippen LogP contribution in [0.15, 0.2) is 89.5 Å². The first-order valence-corrected chi connectivity index (χ1v) is 17.3. The first-order chi connectivity index (χ1) is 24.8. The lowest BCUT2D eigenvalue weighted by molar-refractivity contribution is 0.410. The van der Waals surface area contributed by atoms with E-state index >= 15 is 0 Å². The van der Waals surface area contributed by atoms with Gasteiger partial charge in [0.05, 0.1) is 5.69 Å². The van der Waals surface area contributed by atoms with Crippen LogP contribution >= 0.6 is 0 Å². The molecule has 7 aromatic rings. The van der Waals surface area contributed by atoms with Crippen LogP contribution in [0.25, 0.3) is 65.9 Å². The number of pyridine rings is 1. The Hall–Kier alpha value is -4.43. The molecule has 0 spiro atoms. The van der Waals surface area contributed by atoms with E-state index in [1.54, 1.807) is 26.8 Å². The van der Waals surface area contributed by atoms with Gasteiger partial charge in [-0.25, -0.2) is 0 Å². The summed E-state index contributed by atoms with van der Waals surface area (Å²) in [6, 6.07) is 27.9. The van der Waals surface area contributed by atoms with Crippen molar-refractivity contribution in [3.63, 3.8) is 0 Å². The van der Waals surface area contributed by atoms with Crippen molar-refractivity contribution in [1.82, 2.24) is 4.98 Å². The van der Waals surface area contributed by atoms with Crippen molar-refractivity contribution in [3.05, 3.63) is 113 Å². The van der Waals surface area contributed by atoms with Crippen molar-refractivity contribution < 1.29 is 11.3 Å². The highest BCUT2D eigenvalue weighted by atomic mass is 16.3. The maximum atomic E-state index is 9.02. The Balaban J connectivity index is 1.44. The Morgan fingerprint density at radius 1 is 0.729 bits per heavy atom. The summed E-state index contributed by atoms with van der Waals surface area (Å²) in [7, 11) is 0. The fourth-order valence-electron chi connectivity index (χ4n) is 7.10. The van der Waals surface area contributed by atoms with E-state index < -0.39 is 18.6 Å². The van der Waals surface area contributed by atoms with Crippen molar-refractivity contribution >= 4 is 43.5 Å². The van der Waals surface area contributed by atoms with Crippen molar-refractivity contribution in [3.8, 4) is 22.4 Å². The molecule has 0 aliphatic carbocycles. The molecule has 0 saturated heterocycles. The van der Waals surface area contributed by atoms with Gasteiger partial charge in [-0.1, -0.05) is 111 Å². The van der Waals surface area contributed by atoms with Gasteiger partial charge in [-0.3, -0.25) is 4.98 Å². The smallest absolute Gasteiger partial charge is 0.144 e. The van der Waals surface area contributed by atoms with Gasteiger partial charge >= 0.3 is 0 Å². The largest absolute Gasteiger partial charge is 0.455 e. The Morgan fingerprint density at radius 3 is 2.08 bits per heavy atom. The topological polar surface area (TPSA) is 26.0 Å². The van der Waals surface area contributed by atoms with Gasteiger partial charge in [0, 0.05) is 29.4 Å². The van der Waals surface area contributed by atoms with Gasteiger partial charge in [-0.05, 0) is 127 Å². The summed E-state index contributed by atoms with van der Waals surface area (Å²) in [6.45, 7) is 16.5. The van der Waals surface area contributed by atoms with Crippen LogP contribution in [0.4, 0.5) is 0 Å². The van der Waals surface area contributed by atoms with E-state index in [4.69, 9.17) is 11.3 Å². The molecule has 2 heterocycles. The third-order valence-corrected chi connectivity index (χ3v) is 9.57. The third kappa shape index (κ3) is 5.70. The molecule has 0 aliphatic rings. The molecule has 0 N–H and O–H groups in total. The molecule has 2 heteroatoms. The van der Waals surface area contributed by atoms with Gasteiger partial charge in [-0.15, -0.1) is 0 Å². The number of hydrogen-bond acceptors (Lipinski definition) is 2. The molecule has 2 aromatic heterocycles. The summed E-state index contributed by atoms with van der Waals surface area (Å²) < 4.78 is 49.2. The standard InChI is InChI=1S/C46H49NO/c1-26(2)33-20-37(27(3)4)44(38(21-33)28(5)6)32-17-15-30-14-16-31-18-41-35-12-11-13-36(45(35)48-43(41)23-40(31)39(30)19-32)42-22-34(24-46(8,9)10)29(7)25-47-42/h11-23,25-28H,24H2,1-10H3/i7D3,24D2. The van der Waals surface area contributed by atoms with Crippen LogP contribution in [0, 0.1) is 12.3 Å². The number of nitrogens with zero attached hydrogens (tertiary/aromatic N) is 1. The maximum Gasteiger partial charge on any atom is 0.144 e. The van der Waals surface area contributed by atoms with Crippen LogP contribution < -0.4 is 0 Å². The predicted octanol–water partition coefficient (Wildman–Crippen LogP) is 13.9. The van der Waals surface area contributed by atoms with Crippen LogP contribution in [0.3, 0.4) is 0 Å². The zero-order valence-electron chi connectivity index (χ0n) is 34.7. The van der Waals surface area contributed by atoms with E-state index in [2.05, 4.69) is 101 Å². The first kappa shape index (κ1) is 26.5. The number of hydrogen-bond donors (Lipinski definition) is 0. The molecule has 48 heavy (non-hydrogen) atoms. The highest BCUT2D eigenvalue weighted by Gasteiger charge is 2.21. The molecule has 2 nitrogen and oxygen atoms in total. The molecule has 0 bridgehead atoms. The molecule has 0 saturated carbocycles. The minimum atomic E-state index is -2.52. The lowest BCUT2D eigenvalue weighted by Gasteiger charge is -2.23. The lowest BCUT2D eigenvalue weighted by Crippen LogP contribution is -2.10. The second kappa shape index (κ2) is 11.9. The number of benzene rings is 5. The van der Waals surface area contributed by atoms with Crippen molar-refractivity contribution in [2.75, 3.05) is 0 Å². The Kier molecular flexibility index (Phi) is 6.58. The van der Waals surface area contributed by atoms with Crippen LogP contribution in [0.1, 0.15) is 115 Å². The molecule has 0 aliphatic heterocycles. The first-order valence-electron chi connectivity index (χ1n) is 19.8. The van der Waals surface area contributed by atoms with Crippen molar-refractivity contribution in [2.45, 2.75) is 93.3 Å². The Labute approximate surface area is 293 Å². The summed E-state index contributed by atoms with van der Waals surface area (Å²) in [4.78, 5) is 4.59. The molecule has 244 valence electrons. The van der Waals surface area contributed by atoms with Gasteiger partial charge in [0.25, 0.3) is 0 Å². The number of para-hydroxylation sites is 1. The number of aryl methyl sites for hydroxylation is 1.